The van der Waals surface area contributed by atoms with Crippen molar-refractivity contribution in [2.24, 2.45) is 5.92 Å². The quantitative estimate of drug-likeness (QED) is 0.790. The maximum atomic E-state index is 5.26. The Kier molecular flexibility index (Phi) is 6.01. The van der Waals surface area contributed by atoms with Crippen molar-refractivity contribution in [2.75, 3.05) is 26.7 Å². The molecule has 1 aliphatic rings. The first kappa shape index (κ1) is 15.5. The van der Waals surface area contributed by atoms with E-state index >= 15 is 0 Å². The van der Waals surface area contributed by atoms with Gasteiger partial charge in [0.15, 0.2) is 5.76 Å². The lowest BCUT2D eigenvalue weighted by molar-refractivity contribution is 0.155. The number of rotatable bonds is 8. The molecule has 0 bridgehead atoms. The van der Waals surface area contributed by atoms with Gasteiger partial charge in [-0.3, -0.25) is 4.90 Å². The molecule has 0 amide bonds. The van der Waals surface area contributed by atoms with Crippen LogP contribution >= 0.6 is 0 Å². The minimum Gasteiger partial charge on any atom is -0.377 e. The molecule has 2 heterocycles. The highest BCUT2D eigenvalue weighted by molar-refractivity contribution is 5.04. The van der Waals surface area contributed by atoms with Gasteiger partial charge in [0.1, 0.15) is 6.61 Å². The molecule has 1 fully saturated rings. The largest absolute Gasteiger partial charge is 0.377 e. The fourth-order valence-electron chi connectivity index (χ4n) is 2.81. The van der Waals surface area contributed by atoms with E-state index in [4.69, 9.17) is 9.26 Å². The van der Waals surface area contributed by atoms with Crippen molar-refractivity contribution in [3.8, 4) is 0 Å². The summed E-state index contributed by atoms with van der Waals surface area (Å²) in [4.78, 5) is 2.47. The standard InChI is InChI=1S/C15H27N3O2/c1-12(2)8-18(9-13-5-4-6-16-13)10-14-7-15(11-19-3)20-17-14/h7,12-13,16H,4-6,8-11H2,1-3H3. The van der Waals surface area contributed by atoms with Crippen molar-refractivity contribution >= 4 is 0 Å². The monoisotopic (exact) mass is 281 g/mol. The molecule has 5 heteroatoms. The molecule has 1 N–H and O–H groups in total. The molecule has 1 unspecified atom stereocenters. The molecule has 0 aromatic carbocycles. The van der Waals surface area contributed by atoms with Crippen LogP contribution in [0.5, 0.6) is 0 Å². The van der Waals surface area contributed by atoms with Crippen molar-refractivity contribution in [1.82, 2.24) is 15.4 Å². The molecule has 0 saturated carbocycles. The summed E-state index contributed by atoms with van der Waals surface area (Å²) in [6.07, 6.45) is 2.57. The summed E-state index contributed by atoms with van der Waals surface area (Å²) >= 11 is 0. The van der Waals surface area contributed by atoms with Gasteiger partial charge in [-0.25, -0.2) is 0 Å². The number of nitrogens with one attached hydrogen (secondary N) is 1. The zero-order valence-electron chi connectivity index (χ0n) is 12.9. The average Bonchev–Trinajstić information content (AvgIpc) is 3.01. The Hall–Kier alpha value is -0.910. The molecule has 2 rings (SSSR count). The van der Waals surface area contributed by atoms with Gasteiger partial charge < -0.3 is 14.6 Å². The molecule has 1 aromatic rings. The van der Waals surface area contributed by atoms with E-state index in [9.17, 15) is 0 Å². The lowest BCUT2D eigenvalue weighted by Gasteiger charge is -2.26. The third-order valence-electron chi connectivity index (χ3n) is 3.54. The fourth-order valence-corrected chi connectivity index (χ4v) is 2.81. The van der Waals surface area contributed by atoms with E-state index in [2.05, 4.69) is 29.2 Å². The van der Waals surface area contributed by atoms with Crippen LogP contribution in [-0.4, -0.2) is 42.8 Å². The van der Waals surface area contributed by atoms with Gasteiger partial charge in [0.2, 0.25) is 0 Å². The number of hydrogen-bond donors (Lipinski definition) is 1. The van der Waals surface area contributed by atoms with Crippen molar-refractivity contribution in [2.45, 2.75) is 45.9 Å². The summed E-state index contributed by atoms with van der Waals surface area (Å²) in [5.41, 5.74) is 0.996. The van der Waals surface area contributed by atoms with Crippen molar-refractivity contribution in [3.63, 3.8) is 0 Å². The Bertz CT molecular complexity index is 386. The van der Waals surface area contributed by atoms with E-state index in [1.807, 2.05) is 6.07 Å². The molecule has 0 radical (unpaired) electrons. The van der Waals surface area contributed by atoms with Crippen LogP contribution in [0.25, 0.3) is 0 Å². The van der Waals surface area contributed by atoms with Crippen LogP contribution in [0.3, 0.4) is 0 Å². The first-order valence-corrected chi connectivity index (χ1v) is 7.56. The van der Waals surface area contributed by atoms with Gasteiger partial charge in [-0.15, -0.1) is 0 Å². The minimum absolute atomic E-state index is 0.487. The second-order valence-corrected chi connectivity index (χ2v) is 6.10. The number of nitrogens with zero attached hydrogens (tertiary/aromatic N) is 2. The molecule has 0 aliphatic carbocycles. The predicted molar refractivity (Wildman–Crippen MR) is 78.4 cm³/mol. The molecule has 20 heavy (non-hydrogen) atoms. The van der Waals surface area contributed by atoms with Crippen LogP contribution in [0.15, 0.2) is 10.6 Å². The summed E-state index contributed by atoms with van der Waals surface area (Å²) in [7, 11) is 1.67. The maximum absolute atomic E-state index is 5.26. The molecule has 114 valence electrons. The van der Waals surface area contributed by atoms with Gasteiger partial charge in [-0.1, -0.05) is 19.0 Å². The summed E-state index contributed by atoms with van der Waals surface area (Å²) in [5, 5.41) is 7.71. The molecule has 1 atom stereocenters. The third kappa shape index (κ3) is 4.89. The van der Waals surface area contributed by atoms with E-state index in [-0.39, 0.29) is 0 Å². The van der Waals surface area contributed by atoms with Gasteiger partial charge >= 0.3 is 0 Å². The van der Waals surface area contributed by atoms with Crippen molar-refractivity contribution in [1.29, 1.82) is 0 Å². The Labute approximate surface area is 121 Å². The van der Waals surface area contributed by atoms with Crippen LogP contribution in [0.2, 0.25) is 0 Å². The smallest absolute Gasteiger partial charge is 0.162 e. The van der Waals surface area contributed by atoms with Crippen LogP contribution in [-0.2, 0) is 17.9 Å². The zero-order chi connectivity index (χ0) is 14.4. The van der Waals surface area contributed by atoms with Crippen LogP contribution in [0, 0.1) is 5.92 Å². The highest BCUT2D eigenvalue weighted by Gasteiger charge is 2.19. The molecule has 1 saturated heterocycles. The second kappa shape index (κ2) is 7.76. The van der Waals surface area contributed by atoms with Crippen molar-refractivity contribution in [3.05, 3.63) is 17.5 Å². The van der Waals surface area contributed by atoms with Gasteiger partial charge in [-0.05, 0) is 25.3 Å². The molecule has 5 nitrogen and oxygen atoms in total. The zero-order valence-corrected chi connectivity index (χ0v) is 12.9. The molecular weight excluding hydrogens is 254 g/mol. The van der Waals surface area contributed by atoms with E-state index in [1.165, 1.54) is 12.8 Å². The number of hydrogen-bond acceptors (Lipinski definition) is 5. The first-order chi connectivity index (χ1) is 9.67. The Morgan fingerprint density at radius 3 is 3.05 bits per heavy atom. The van der Waals surface area contributed by atoms with E-state index in [0.717, 1.165) is 37.6 Å². The first-order valence-electron chi connectivity index (χ1n) is 7.56. The maximum Gasteiger partial charge on any atom is 0.162 e. The highest BCUT2D eigenvalue weighted by Crippen LogP contribution is 2.13. The second-order valence-electron chi connectivity index (χ2n) is 6.10. The summed E-state index contributed by atoms with van der Waals surface area (Å²) in [6.45, 7) is 9.19. The highest BCUT2D eigenvalue weighted by atomic mass is 16.5. The van der Waals surface area contributed by atoms with Gasteiger partial charge in [0.25, 0.3) is 0 Å². The lowest BCUT2D eigenvalue weighted by Crippen LogP contribution is -2.39. The molecule has 0 spiro atoms. The summed E-state index contributed by atoms with van der Waals surface area (Å²) in [6, 6.07) is 2.62. The SMILES string of the molecule is COCc1cc(CN(CC(C)C)CC2CCCN2)no1. The van der Waals surface area contributed by atoms with Gasteiger partial charge in [0, 0.05) is 38.9 Å². The predicted octanol–water partition coefficient (Wildman–Crippen LogP) is 2.03. The summed E-state index contributed by atoms with van der Waals surface area (Å²) in [5.74, 6) is 1.45. The Morgan fingerprint density at radius 1 is 1.55 bits per heavy atom. The van der Waals surface area contributed by atoms with E-state index in [0.29, 0.717) is 18.6 Å². The number of methoxy groups -OCH3 is 1. The average molecular weight is 281 g/mol. The van der Waals surface area contributed by atoms with Crippen molar-refractivity contribution < 1.29 is 9.26 Å². The number of ether oxygens (including phenoxy) is 1. The third-order valence-corrected chi connectivity index (χ3v) is 3.54. The molecule has 1 aliphatic heterocycles. The van der Waals surface area contributed by atoms with Crippen LogP contribution in [0.4, 0.5) is 0 Å². The van der Waals surface area contributed by atoms with E-state index in [1.54, 1.807) is 7.11 Å². The fraction of sp³-hybridized carbons (Fsp3) is 0.800. The minimum atomic E-state index is 0.487. The van der Waals surface area contributed by atoms with Crippen LogP contribution < -0.4 is 5.32 Å². The topological polar surface area (TPSA) is 50.5 Å². The normalized spacial score (nSPS) is 19.4. The molecular formula is C15H27N3O2. The van der Waals surface area contributed by atoms with Crippen LogP contribution in [0.1, 0.15) is 38.1 Å². The Balaban J connectivity index is 1.90. The van der Waals surface area contributed by atoms with Gasteiger partial charge in [0.05, 0.1) is 5.69 Å². The molecule has 1 aromatic heterocycles. The van der Waals surface area contributed by atoms with Gasteiger partial charge in [-0.2, -0.15) is 0 Å². The van der Waals surface area contributed by atoms with E-state index < -0.39 is 0 Å². The summed E-state index contributed by atoms with van der Waals surface area (Å²) < 4.78 is 10.3. The number of aromatic nitrogens is 1. The lowest BCUT2D eigenvalue weighted by atomic mass is 10.1. The Morgan fingerprint density at radius 2 is 2.40 bits per heavy atom.